The number of allylic oxidation sites excluding steroid dienone is 1. The molecule has 1 aliphatic rings. The highest BCUT2D eigenvalue weighted by molar-refractivity contribution is 5.84. The molecule has 0 saturated heterocycles. The molecule has 4 nitrogen and oxygen atoms in total. The average molecular weight is 361 g/mol. The minimum absolute atomic E-state index is 0.119. The first-order valence-electron chi connectivity index (χ1n) is 8.92. The smallest absolute Gasteiger partial charge is 0.203 e. The van der Waals surface area contributed by atoms with E-state index in [4.69, 9.17) is 14.2 Å². The summed E-state index contributed by atoms with van der Waals surface area (Å²) in [6, 6.07) is 17.0. The summed E-state index contributed by atoms with van der Waals surface area (Å²) in [5.74, 6) is 2.06. The second-order valence-electron chi connectivity index (χ2n) is 6.70. The number of rotatable bonds is 4. The molecule has 27 heavy (non-hydrogen) atoms. The quantitative estimate of drug-likeness (QED) is 0.682. The summed E-state index contributed by atoms with van der Waals surface area (Å²) in [6.45, 7) is 4.18. The molecule has 0 amide bonds. The molecule has 3 aromatic carbocycles. The zero-order chi connectivity index (χ0) is 19.0. The Bertz CT molecular complexity index is 1030. The molecule has 0 aromatic heterocycles. The van der Waals surface area contributed by atoms with Crippen LogP contribution in [-0.2, 0) is 0 Å². The van der Waals surface area contributed by atoms with Crippen LogP contribution in [0.4, 0.5) is 5.69 Å². The van der Waals surface area contributed by atoms with E-state index in [0.717, 1.165) is 23.4 Å². The highest BCUT2D eigenvalue weighted by atomic mass is 16.5. The van der Waals surface area contributed by atoms with Gasteiger partial charge in [0, 0.05) is 28.9 Å². The molecule has 3 aromatic rings. The lowest BCUT2D eigenvalue weighted by Gasteiger charge is -2.31. The van der Waals surface area contributed by atoms with Gasteiger partial charge >= 0.3 is 0 Å². The lowest BCUT2D eigenvalue weighted by molar-refractivity contribution is 0.321. The van der Waals surface area contributed by atoms with Crippen molar-refractivity contribution in [1.29, 1.82) is 0 Å². The molecule has 0 radical (unpaired) electrons. The van der Waals surface area contributed by atoms with Crippen molar-refractivity contribution in [2.24, 2.45) is 0 Å². The van der Waals surface area contributed by atoms with Gasteiger partial charge in [-0.1, -0.05) is 49.0 Å². The Kier molecular flexibility index (Phi) is 4.40. The SMILES string of the molecule is C=C1CC(c2ccc3ccccc3c2)c2c(cc(OC)c(OC)c2OC)N1. The third-order valence-corrected chi connectivity index (χ3v) is 5.15. The zero-order valence-corrected chi connectivity index (χ0v) is 15.8. The van der Waals surface area contributed by atoms with Gasteiger partial charge in [0.15, 0.2) is 11.5 Å². The molecular weight excluding hydrogens is 338 g/mol. The van der Waals surface area contributed by atoms with E-state index in [-0.39, 0.29) is 5.92 Å². The van der Waals surface area contributed by atoms with Gasteiger partial charge < -0.3 is 19.5 Å². The maximum atomic E-state index is 5.78. The van der Waals surface area contributed by atoms with Crippen molar-refractivity contribution >= 4 is 16.5 Å². The molecule has 0 saturated carbocycles. The van der Waals surface area contributed by atoms with Gasteiger partial charge in [0.2, 0.25) is 5.75 Å². The van der Waals surface area contributed by atoms with Crippen molar-refractivity contribution in [2.45, 2.75) is 12.3 Å². The Morgan fingerprint density at radius 3 is 2.33 bits per heavy atom. The maximum Gasteiger partial charge on any atom is 0.203 e. The van der Waals surface area contributed by atoms with Crippen molar-refractivity contribution in [3.63, 3.8) is 0 Å². The van der Waals surface area contributed by atoms with Gasteiger partial charge in [-0.05, 0) is 22.8 Å². The molecule has 4 heteroatoms. The first-order valence-corrected chi connectivity index (χ1v) is 8.92. The molecule has 1 aliphatic heterocycles. The summed E-state index contributed by atoms with van der Waals surface area (Å²) >= 11 is 0. The molecule has 0 fully saturated rings. The third-order valence-electron chi connectivity index (χ3n) is 5.15. The van der Waals surface area contributed by atoms with Gasteiger partial charge in [0.25, 0.3) is 0 Å². The van der Waals surface area contributed by atoms with Gasteiger partial charge in [-0.25, -0.2) is 0 Å². The Morgan fingerprint density at radius 1 is 0.889 bits per heavy atom. The van der Waals surface area contributed by atoms with E-state index in [2.05, 4.69) is 54.4 Å². The molecule has 138 valence electrons. The maximum absolute atomic E-state index is 5.78. The summed E-state index contributed by atoms with van der Waals surface area (Å²) < 4.78 is 16.9. The van der Waals surface area contributed by atoms with Crippen LogP contribution in [0, 0.1) is 0 Å². The molecule has 0 spiro atoms. The fourth-order valence-corrected chi connectivity index (χ4v) is 3.93. The average Bonchev–Trinajstić information content (AvgIpc) is 2.71. The van der Waals surface area contributed by atoms with Crippen LogP contribution in [0.25, 0.3) is 10.8 Å². The minimum Gasteiger partial charge on any atom is -0.493 e. The Balaban J connectivity index is 1.94. The topological polar surface area (TPSA) is 39.7 Å². The first kappa shape index (κ1) is 17.3. The second-order valence-corrected chi connectivity index (χ2v) is 6.70. The third kappa shape index (κ3) is 2.87. The van der Waals surface area contributed by atoms with E-state index >= 15 is 0 Å². The molecule has 1 unspecified atom stereocenters. The fourth-order valence-electron chi connectivity index (χ4n) is 3.93. The van der Waals surface area contributed by atoms with Crippen molar-refractivity contribution < 1.29 is 14.2 Å². The normalized spacial score (nSPS) is 15.8. The van der Waals surface area contributed by atoms with E-state index in [1.165, 1.54) is 16.3 Å². The summed E-state index contributed by atoms with van der Waals surface area (Å²) in [4.78, 5) is 0. The number of hydrogen-bond acceptors (Lipinski definition) is 4. The lowest BCUT2D eigenvalue weighted by Crippen LogP contribution is -2.17. The van der Waals surface area contributed by atoms with Gasteiger partial charge in [0.05, 0.1) is 21.3 Å². The monoisotopic (exact) mass is 361 g/mol. The van der Waals surface area contributed by atoms with Gasteiger partial charge in [-0.3, -0.25) is 0 Å². The van der Waals surface area contributed by atoms with E-state index < -0.39 is 0 Å². The predicted octanol–water partition coefficient (Wildman–Crippen LogP) is 5.33. The van der Waals surface area contributed by atoms with Gasteiger partial charge in [0.1, 0.15) is 0 Å². The van der Waals surface area contributed by atoms with Crippen LogP contribution >= 0.6 is 0 Å². The largest absolute Gasteiger partial charge is 0.493 e. The van der Waals surface area contributed by atoms with Crippen molar-refractivity contribution in [2.75, 3.05) is 26.6 Å². The van der Waals surface area contributed by atoms with E-state index in [1.807, 2.05) is 6.07 Å². The number of methoxy groups -OCH3 is 3. The first-order chi connectivity index (χ1) is 13.2. The Hall–Kier alpha value is -3.14. The van der Waals surface area contributed by atoms with E-state index in [0.29, 0.717) is 17.2 Å². The van der Waals surface area contributed by atoms with Crippen molar-refractivity contribution in [3.05, 3.63) is 71.9 Å². The Labute approximate surface area is 159 Å². The van der Waals surface area contributed by atoms with Crippen molar-refractivity contribution in [1.82, 2.24) is 0 Å². The fraction of sp³-hybridized carbons (Fsp3) is 0.217. The highest BCUT2D eigenvalue weighted by Gasteiger charge is 2.31. The van der Waals surface area contributed by atoms with Crippen molar-refractivity contribution in [3.8, 4) is 17.2 Å². The van der Waals surface area contributed by atoms with Crippen LogP contribution in [0.1, 0.15) is 23.5 Å². The summed E-state index contributed by atoms with van der Waals surface area (Å²) in [5, 5.41) is 5.84. The standard InChI is InChI=1S/C23H23NO3/c1-14-11-18(17-10-9-15-7-5-6-8-16(15)12-17)21-19(24-14)13-20(25-2)22(26-3)23(21)27-4/h5-10,12-13,18,24H,1,11H2,2-4H3. The van der Waals surface area contributed by atoms with Gasteiger partial charge in [-0.2, -0.15) is 0 Å². The van der Waals surface area contributed by atoms with Crippen LogP contribution in [0.5, 0.6) is 17.2 Å². The highest BCUT2D eigenvalue weighted by Crippen LogP contribution is 2.52. The Morgan fingerprint density at radius 2 is 1.63 bits per heavy atom. The number of fused-ring (bicyclic) bond motifs is 2. The van der Waals surface area contributed by atoms with E-state index in [9.17, 15) is 0 Å². The van der Waals surface area contributed by atoms with Crippen LogP contribution in [-0.4, -0.2) is 21.3 Å². The molecule has 0 aliphatic carbocycles. The molecule has 1 atom stereocenters. The lowest BCUT2D eigenvalue weighted by atomic mass is 9.82. The molecular formula is C23H23NO3. The van der Waals surface area contributed by atoms with Crippen LogP contribution in [0.15, 0.2) is 60.8 Å². The number of hydrogen-bond donors (Lipinski definition) is 1. The number of benzene rings is 3. The molecule has 0 bridgehead atoms. The van der Waals surface area contributed by atoms with E-state index in [1.54, 1.807) is 21.3 Å². The minimum atomic E-state index is 0.119. The number of anilines is 1. The van der Waals surface area contributed by atoms with Crippen LogP contribution < -0.4 is 19.5 Å². The van der Waals surface area contributed by atoms with Crippen LogP contribution in [0.2, 0.25) is 0 Å². The predicted molar refractivity (Wildman–Crippen MR) is 109 cm³/mol. The number of ether oxygens (including phenoxy) is 3. The summed E-state index contributed by atoms with van der Waals surface area (Å²) in [5.41, 5.74) is 4.20. The zero-order valence-electron chi connectivity index (χ0n) is 15.8. The van der Waals surface area contributed by atoms with Gasteiger partial charge in [-0.15, -0.1) is 0 Å². The number of nitrogens with one attached hydrogen (secondary N) is 1. The second kappa shape index (κ2) is 6.88. The molecule has 1 heterocycles. The molecule has 1 N–H and O–H groups in total. The van der Waals surface area contributed by atoms with Crippen LogP contribution in [0.3, 0.4) is 0 Å². The summed E-state index contributed by atoms with van der Waals surface area (Å²) in [7, 11) is 4.92. The summed E-state index contributed by atoms with van der Waals surface area (Å²) in [6.07, 6.45) is 0.789. The molecule has 4 rings (SSSR count).